The molecule has 9 heteroatoms. The van der Waals surface area contributed by atoms with Gasteiger partial charge in [-0.05, 0) is 33.4 Å². The van der Waals surface area contributed by atoms with Gasteiger partial charge >= 0.3 is 17.1 Å². The minimum Gasteiger partial charge on any atom is -0.466 e. The highest BCUT2D eigenvalue weighted by atomic mass is 16.5. The Kier molecular flexibility index (Phi) is 9.80. The second-order valence-corrected chi connectivity index (χ2v) is 7.74. The molecule has 0 aliphatic carbocycles. The van der Waals surface area contributed by atoms with Gasteiger partial charge in [0.15, 0.2) is 0 Å². The third-order valence-electron chi connectivity index (χ3n) is 4.52. The molecule has 164 valence electrons. The number of amides is 1. The lowest BCUT2D eigenvalue weighted by molar-refractivity contribution is -0.143. The number of ether oxygens (including phenoxy) is 1. The number of esters is 1. The lowest BCUT2D eigenvalue weighted by atomic mass is 10.0. The first-order valence-electron chi connectivity index (χ1n) is 9.97. The lowest BCUT2D eigenvalue weighted by Gasteiger charge is -2.23. The van der Waals surface area contributed by atoms with Crippen LogP contribution in [0.2, 0.25) is 0 Å². The van der Waals surface area contributed by atoms with Crippen molar-refractivity contribution >= 4 is 11.9 Å². The fourth-order valence-corrected chi connectivity index (χ4v) is 2.92. The molecule has 1 aromatic heterocycles. The molecule has 0 spiro atoms. The molecule has 1 rings (SSSR count). The number of likely N-dealkylation sites (N-methyl/N-ethyl adjacent to an activating group) is 1. The number of carbonyl (C=O) groups is 2. The summed E-state index contributed by atoms with van der Waals surface area (Å²) >= 11 is 0. The van der Waals surface area contributed by atoms with E-state index < -0.39 is 29.0 Å². The molecule has 1 amide bonds. The molecule has 29 heavy (non-hydrogen) atoms. The zero-order chi connectivity index (χ0) is 22.1. The molecular formula is C20H34N4O5. The predicted molar refractivity (Wildman–Crippen MR) is 111 cm³/mol. The predicted octanol–water partition coefficient (Wildman–Crippen LogP) is 0.308. The molecule has 1 atom stereocenters. The number of nitrogens with zero attached hydrogens (tertiary/aromatic N) is 3. The largest absolute Gasteiger partial charge is 0.466 e. The van der Waals surface area contributed by atoms with Crippen molar-refractivity contribution in [3.8, 4) is 0 Å². The number of hydrogen-bond acceptors (Lipinski definition) is 6. The second-order valence-electron chi connectivity index (χ2n) is 7.74. The van der Waals surface area contributed by atoms with Crippen LogP contribution in [-0.4, -0.2) is 59.7 Å². The summed E-state index contributed by atoms with van der Waals surface area (Å²) in [6.07, 6.45) is 2.61. The fraction of sp³-hybridized carbons (Fsp3) is 0.700. The van der Waals surface area contributed by atoms with Crippen molar-refractivity contribution in [1.29, 1.82) is 0 Å². The smallest absolute Gasteiger partial charge is 0.317 e. The normalized spacial score (nSPS) is 12.3. The van der Waals surface area contributed by atoms with Crippen LogP contribution >= 0.6 is 0 Å². The van der Waals surface area contributed by atoms with Crippen LogP contribution in [0.25, 0.3) is 0 Å². The Labute approximate surface area is 171 Å². The molecule has 0 saturated carbocycles. The van der Waals surface area contributed by atoms with Crippen molar-refractivity contribution in [2.45, 2.75) is 46.1 Å². The first kappa shape index (κ1) is 24.6. The molecule has 0 saturated heterocycles. The summed E-state index contributed by atoms with van der Waals surface area (Å²) < 4.78 is 7.43. The number of nitrogens with one attached hydrogen (secondary N) is 1. The van der Waals surface area contributed by atoms with Gasteiger partial charge in [-0.3, -0.25) is 23.7 Å². The van der Waals surface area contributed by atoms with Crippen molar-refractivity contribution < 1.29 is 14.3 Å². The highest BCUT2D eigenvalue weighted by Gasteiger charge is 2.25. The van der Waals surface area contributed by atoms with E-state index in [1.165, 1.54) is 9.13 Å². The maximum Gasteiger partial charge on any atom is 0.317 e. The number of carbonyl (C=O) groups excluding carboxylic acids is 2. The van der Waals surface area contributed by atoms with E-state index in [9.17, 15) is 19.2 Å². The van der Waals surface area contributed by atoms with Crippen LogP contribution in [0.1, 0.15) is 45.3 Å². The van der Waals surface area contributed by atoms with E-state index in [1.54, 1.807) is 20.2 Å². The van der Waals surface area contributed by atoms with E-state index in [-0.39, 0.29) is 25.5 Å². The Bertz CT molecular complexity index is 810. The molecule has 0 bridgehead atoms. The van der Waals surface area contributed by atoms with Gasteiger partial charge in [-0.15, -0.1) is 0 Å². The first-order chi connectivity index (χ1) is 13.6. The summed E-state index contributed by atoms with van der Waals surface area (Å²) in [5.41, 5.74) is -0.710. The van der Waals surface area contributed by atoms with Gasteiger partial charge in [0.25, 0.3) is 0 Å². The second kappa shape index (κ2) is 11.5. The summed E-state index contributed by atoms with van der Waals surface area (Å²) in [4.78, 5) is 51.4. The Hall–Kier alpha value is -2.42. The van der Waals surface area contributed by atoms with Crippen molar-refractivity contribution in [3.05, 3.63) is 32.6 Å². The molecule has 0 unspecified atom stereocenters. The van der Waals surface area contributed by atoms with Crippen molar-refractivity contribution in [2.75, 3.05) is 33.8 Å². The molecule has 0 aliphatic heterocycles. The van der Waals surface area contributed by atoms with Crippen molar-refractivity contribution in [2.24, 2.45) is 13.0 Å². The minimum atomic E-state index is -0.822. The van der Waals surface area contributed by atoms with Gasteiger partial charge in [0.1, 0.15) is 6.04 Å². The summed E-state index contributed by atoms with van der Waals surface area (Å²) in [6, 6.07) is -0.822. The van der Waals surface area contributed by atoms with Gasteiger partial charge in [0, 0.05) is 38.4 Å². The topological polar surface area (TPSA) is 103 Å². The highest BCUT2D eigenvalue weighted by Crippen LogP contribution is 2.16. The lowest BCUT2D eigenvalue weighted by Crippen LogP contribution is -2.47. The van der Waals surface area contributed by atoms with Gasteiger partial charge in [0.2, 0.25) is 5.91 Å². The molecular weight excluding hydrogens is 376 g/mol. The monoisotopic (exact) mass is 410 g/mol. The summed E-state index contributed by atoms with van der Waals surface area (Å²) in [5.74, 6) is -0.668. The molecule has 9 nitrogen and oxygen atoms in total. The van der Waals surface area contributed by atoms with E-state index in [0.29, 0.717) is 25.1 Å². The van der Waals surface area contributed by atoms with Crippen LogP contribution < -0.4 is 16.4 Å². The van der Waals surface area contributed by atoms with Crippen LogP contribution in [0.3, 0.4) is 0 Å². The highest BCUT2D eigenvalue weighted by molar-refractivity contribution is 5.81. The van der Waals surface area contributed by atoms with Crippen molar-refractivity contribution in [1.82, 2.24) is 19.4 Å². The van der Waals surface area contributed by atoms with Crippen LogP contribution in [0, 0.1) is 5.92 Å². The SMILES string of the molecule is CCOC(=O)CCNC(=O)[C@H](CC(C)C)n1cc(CCN(C)C)n(C)c(=O)c1=O. The quantitative estimate of drug-likeness (QED) is 0.416. The van der Waals surface area contributed by atoms with Crippen LogP contribution in [0.15, 0.2) is 15.8 Å². The van der Waals surface area contributed by atoms with E-state index in [1.807, 2.05) is 32.8 Å². The molecule has 0 aliphatic rings. The number of rotatable bonds is 11. The Balaban J connectivity index is 3.16. The maximum absolute atomic E-state index is 12.8. The standard InChI is InChI=1S/C20H34N4O5/c1-7-29-17(25)8-10-21-18(26)16(12-14(2)3)24-13-15(9-11-22(4)5)23(6)19(27)20(24)28/h13-14,16H,7-12H2,1-6H3,(H,21,26)/t16-/m0/s1. The average molecular weight is 411 g/mol. The van der Waals surface area contributed by atoms with Gasteiger partial charge in [-0.1, -0.05) is 13.8 Å². The van der Waals surface area contributed by atoms with Crippen molar-refractivity contribution in [3.63, 3.8) is 0 Å². The molecule has 1 heterocycles. The zero-order valence-corrected chi connectivity index (χ0v) is 18.4. The zero-order valence-electron chi connectivity index (χ0n) is 18.4. The van der Waals surface area contributed by atoms with Gasteiger partial charge in [-0.2, -0.15) is 0 Å². The molecule has 0 aromatic carbocycles. The Morgan fingerprint density at radius 1 is 1.21 bits per heavy atom. The molecule has 0 fully saturated rings. The average Bonchev–Trinajstić information content (AvgIpc) is 2.64. The maximum atomic E-state index is 12.8. The summed E-state index contributed by atoms with van der Waals surface area (Å²) in [7, 11) is 5.41. The van der Waals surface area contributed by atoms with Crippen LogP contribution in [0.4, 0.5) is 0 Å². The van der Waals surface area contributed by atoms with Gasteiger partial charge < -0.3 is 19.5 Å². The minimum absolute atomic E-state index is 0.0491. The number of hydrogen-bond donors (Lipinski definition) is 1. The summed E-state index contributed by atoms with van der Waals surface area (Å²) in [6.45, 7) is 6.69. The summed E-state index contributed by atoms with van der Waals surface area (Å²) in [5, 5.41) is 2.69. The van der Waals surface area contributed by atoms with Gasteiger partial charge in [0.05, 0.1) is 13.0 Å². The van der Waals surface area contributed by atoms with E-state index in [0.717, 1.165) is 0 Å². The van der Waals surface area contributed by atoms with Crippen LogP contribution in [0.5, 0.6) is 0 Å². The van der Waals surface area contributed by atoms with E-state index in [2.05, 4.69) is 5.32 Å². The molecule has 1 aromatic rings. The molecule has 1 N–H and O–H groups in total. The van der Waals surface area contributed by atoms with E-state index >= 15 is 0 Å². The first-order valence-corrected chi connectivity index (χ1v) is 9.97. The Morgan fingerprint density at radius 3 is 2.41 bits per heavy atom. The third-order valence-corrected chi connectivity index (χ3v) is 4.52. The number of aromatic nitrogens is 2. The van der Waals surface area contributed by atoms with E-state index in [4.69, 9.17) is 4.74 Å². The van der Waals surface area contributed by atoms with Crippen LogP contribution in [-0.2, 0) is 27.8 Å². The molecule has 0 radical (unpaired) electrons. The Morgan fingerprint density at radius 2 is 1.86 bits per heavy atom. The third kappa shape index (κ3) is 7.49. The fourth-order valence-electron chi connectivity index (χ4n) is 2.92. The van der Waals surface area contributed by atoms with Gasteiger partial charge in [-0.25, -0.2) is 0 Å².